The molecule has 1 aromatic carbocycles. The number of hydrogen-bond acceptors (Lipinski definition) is 3. The highest BCUT2D eigenvalue weighted by atomic mass is 28.3. The summed E-state index contributed by atoms with van der Waals surface area (Å²) in [4.78, 5) is 23.2. The van der Waals surface area contributed by atoms with Gasteiger partial charge in [0.05, 0.1) is 5.56 Å². The lowest BCUT2D eigenvalue weighted by Gasteiger charge is -2.37. The molecular weight excluding hydrogens is 352 g/mol. The van der Waals surface area contributed by atoms with Crippen LogP contribution in [0.3, 0.4) is 0 Å². The van der Waals surface area contributed by atoms with Crippen molar-refractivity contribution in [3.63, 3.8) is 0 Å². The molecule has 4 heteroatoms. The van der Waals surface area contributed by atoms with Crippen LogP contribution in [0.25, 0.3) is 0 Å². The SMILES string of the molecule is C=C[Si](C=C)(CC)c1ccc(C(=O)OO[C]2CCCCC2C(C)(C)C)cc1. The minimum atomic E-state index is -1.89. The Kier molecular flexibility index (Phi) is 7.23. The summed E-state index contributed by atoms with van der Waals surface area (Å²) in [5, 5.41) is 1.20. The van der Waals surface area contributed by atoms with Crippen LogP contribution in [-0.2, 0) is 9.78 Å². The number of benzene rings is 1. The Balaban J connectivity index is 2.04. The van der Waals surface area contributed by atoms with Gasteiger partial charge in [0.2, 0.25) is 0 Å². The average molecular weight is 386 g/mol. The highest BCUT2D eigenvalue weighted by Crippen LogP contribution is 2.43. The predicted molar refractivity (Wildman–Crippen MR) is 114 cm³/mol. The van der Waals surface area contributed by atoms with Gasteiger partial charge in [0.1, 0.15) is 8.07 Å². The Hall–Kier alpha value is -1.65. The van der Waals surface area contributed by atoms with Crippen molar-refractivity contribution in [1.82, 2.24) is 0 Å². The van der Waals surface area contributed by atoms with Crippen molar-refractivity contribution in [3.8, 4) is 0 Å². The van der Waals surface area contributed by atoms with E-state index in [1.165, 1.54) is 11.6 Å². The number of hydrogen-bond donors (Lipinski definition) is 0. The number of carbonyl (C=O) groups excluding carboxylic acids is 1. The second-order valence-electron chi connectivity index (χ2n) is 8.46. The smallest absolute Gasteiger partial charge is 0.292 e. The number of rotatable bonds is 7. The van der Waals surface area contributed by atoms with Gasteiger partial charge in [0.25, 0.3) is 0 Å². The summed E-state index contributed by atoms with van der Waals surface area (Å²) < 4.78 is 0. The molecule has 0 spiro atoms. The van der Waals surface area contributed by atoms with Crippen LogP contribution in [0, 0.1) is 17.4 Å². The number of carbonyl (C=O) groups is 1. The third-order valence-corrected chi connectivity index (χ3v) is 9.83. The normalized spacial score (nSPS) is 18.7. The molecule has 2 rings (SSSR count). The standard InChI is InChI=1S/C23H33O3Si/c1-7-27(8-2,9-3)19-16-14-18(15-17-19)22(24)26-25-21-13-11-10-12-20(21)23(4,5)6/h7-8,14-17,20H,1-2,9-13H2,3-6H3. The molecule has 1 radical (unpaired) electrons. The summed E-state index contributed by atoms with van der Waals surface area (Å²) in [6.07, 6.45) is 5.12. The highest BCUT2D eigenvalue weighted by molar-refractivity contribution is 6.99. The molecule has 0 bridgehead atoms. The molecule has 3 nitrogen and oxygen atoms in total. The van der Waals surface area contributed by atoms with E-state index in [9.17, 15) is 4.79 Å². The van der Waals surface area contributed by atoms with Crippen molar-refractivity contribution in [1.29, 1.82) is 0 Å². The zero-order chi connectivity index (χ0) is 20.1. The molecule has 27 heavy (non-hydrogen) atoms. The molecule has 0 N–H and O–H groups in total. The van der Waals surface area contributed by atoms with Crippen LogP contribution in [-0.4, -0.2) is 14.0 Å². The van der Waals surface area contributed by atoms with Crippen molar-refractivity contribution in [2.75, 3.05) is 0 Å². The van der Waals surface area contributed by atoms with Crippen LogP contribution < -0.4 is 5.19 Å². The van der Waals surface area contributed by atoms with Gasteiger partial charge in [-0.25, -0.2) is 4.79 Å². The van der Waals surface area contributed by atoms with Crippen molar-refractivity contribution in [2.24, 2.45) is 11.3 Å². The zero-order valence-electron chi connectivity index (χ0n) is 17.2. The summed E-state index contributed by atoms with van der Waals surface area (Å²) in [6.45, 7) is 16.8. The lowest BCUT2D eigenvalue weighted by Crippen LogP contribution is -2.43. The fourth-order valence-corrected chi connectivity index (χ4v) is 6.28. The molecule has 1 aromatic rings. The van der Waals surface area contributed by atoms with Crippen LogP contribution in [0.4, 0.5) is 0 Å². The van der Waals surface area contributed by atoms with Gasteiger partial charge in [-0.2, -0.15) is 4.89 Å². The first-order valence-electron chi connectivity index (χ1n) is 9.89. The van der Waals surface area contributed by atoms with Gasteiger partial charge in [0, 0.05) is 5.92 Å². The Labute approximate surface area is 165 Å². The molecule has 1 unspecified atom stereocenters. The first kappa shape index (κ1) is 21.6. The molecule has 0 heterocycles. The van der Waals surface area contributed by atoms with E-state index in [1.807, 2.05) is 23.5 Å². The van der Waals surface area contributed by atoms with Gasteiger partial charge in [-0.15, -0.1) is 13.2 Å². The molecule has 0 aliphatic heterocycles. The van der Waals surface area contributed by atoms with E-state index in [-0.39, 0.29) is 5.41 Å². The van der Waals surface area contributed by atoms with E-state index < -0.39 is 14.0 Å². The first-order chi connectivity index (χ1) is 12.8. The van der Waals surface area contributed by atoms with Crippen molar-refractivity contribution in [2.45, 2.75) is 59.4 Å². The summed E-state index contributed by atoms with van der Waals surface area (Å²) in [6, 6.07) is 8.58. The molecule has 1 atom stereocenters. The van der Waals surface area contributed by atoms with Crippen molar-refractivity contribution < 1.29 is 14.6 Å². The lowest BCUT2D eigenvalue weighted by atomic mass is 9.71. The summed E-state index contributed by atoms with van der Waals surface area (Å²) in [7, 11) is -1.89. The average Bonchev–Trinajstić information content (AvgIpc) is 2.68. The summed E-state index contributed by atoms with van der Waals surface area (Å²) >= 11 is 0. The summed E-state index contributed by atoms with van der Waals surface area (Å²) in [5.74, 6) is -0.133. The van der Waals surface area contributed by atoms with E-state index in [0.717, 1.165) is 31.4 Å². The maximum atomic E-state index is 12.4. The van der Waals surface area contributed by atoms with Gasteiger partial charge < -0.3 is 0 Å². The molecule has 0 saturated heterocycles. The quantitative estimate of drug-likeness (QED) is 0.345. The highest BCUT2D eigenvalue weighted by Gasteiger charge is 2.37. The largest absolute Gasteiger partial charge is 0.373 e. The fourth-order valence-electron chi connectivity index (χ4n) is 3.87. The van der Waals surface area contributed by atoms with E-state index in [2.05, 4.69) is 40.9 Å². The van der Waals surface area contributed by atoms with Crippen LogP contribution in [0.1, 0.15) is 63.7 Å². The Morgan fingerprint density at radius 2 is 1.81 bits per heavy atom. The maximum absolute atomic E-state index is 12.4. The molecule has 1 aliphatic carbocycles. The van der Waals surface area contributed by atoms with Crippen molar-refractivity contribution >= 4 is 19.2 Å². The Morgan fingerprint density at radius 3 is 2.33 bits per heavy atom. The summed E-state index contributed by atoms with van der Waals surface area (Å²) in [5.41, 5.74) is 4.66. The molecule has 0 amide bonds. The minimum absolute atomic E-state index is 0.104. The van der Waals surface area contributed by atoms with E-state index >= 15 is 0 Å². The predicted octanol–water partition coefficient (Wildman–Crippen LogP) is 5.67. The fraction of sp³-hybridized carbons (Fsp3) is 0.478. The van der Waals surface area contributed by atoms with Crippen LogP contribution in [0.15, 0.2) is 48.8 Å². The Bertz CT molecular complexity index is 649. The molecule has 0 aromatic heterocycles. The first-order valence-corrected chi connectivity index (χ1v) is 12.3. The molecule has 1 saturated carbocycles. The van der Waals surface area contributed by atoms with Gasteiger partial charge in [-0.1, -0.05) is 69.3 Å². The topological polar surface area (TPSA) is 35.5 Å². The third-order valence-electron chi connectivity index (χ3n) is 5.80. The van der Waals surface area contributed by atoms with E-state index in [0.29, 0.717) is 11.5 Å². The third kappa shape index (κ3) is 4.99. The van der Waals surface area contributed by atoms with E-state index in [1.54, 1.807) is 12.1 Å². The molecule has 1 aliphatic rings. The van der Waals surface area contributed by atoms with Gasteiger partial charge >= 0.3 is 5.97 Å². The van der Waals surface area contributed by atoms with E-state index in [4.69, 9.17) is 9.78 Å². The van der Waals surface area contributed by atoms with Gasteiger partial charge in [-0.05, 0) is 36.4 Å². The van der Waals surface area contributed by atoms with Crippen LogP contribution in [0.5, 0.6) is 0 Å². The minimum Gasteiger partial charge on any atom is -0.292 e. The van der Waals surface area contributed by atoms with Gasteiger partial charge in [0.15, 0.2) is 6.10 Å². The maximum Gasteiger partial charge on any atom is 0.373 e. The zero-order valence-corrected chi connectivity index (χ0v) is 18.2. The molecule has 1 fully saturated rings. The Morgan fingerprint density at radius 1 is 1.19 bits per heavy atom. The van der Waals surface area contributed by atoms with Crippen LogP contribution in [0.2, 0.25) is 6.04 Å². The van der Waals surface area contributed by atoms with Gasteiger partial charge in [-0.3, -0.25) is 4.89 Å². The lowest BCUT2D eigenvalue weighted by molar-refractivity contribution is -0.252. The second-order valence-corrected chi connectivity index (χ2v) is 12.6. The van der Waals surface area contributed by atoms with Crippen LogP contribution >= 0.6 is 0 Å². The monoisotopic (exact) mass is 385 g/mol. The molecule has 147 valence electrons. The van der Waals surface area contributed by atoms with Crippen molar-refractivity contribution in [3.05, 3.63) is 60.5 Å². The second kappa shape index (κ2) is 9.02. The molecular formula is C23H33O3Si.